The van der Waals surface area contributed by atoms with E-state index in [1.807, 2.05) is 6.92 Å². The summed E-state index contributed by atoms with van der Waals surface area (Å²) in [6.45, 7) is 4.07. The molecule has 0 radical (unpaired) electrons. The Morgan fingerprint density at radius 2 is 2.00 bits per heavy atom. The molecule has 0 aromatic carbocycles. The van der Waals surface area contributed by atoms with Crippen molar-refractivity contribution in [2.45, 2.75) is 52.4 Å². The Morgan fingerprint density at radius 3 is 2.58 bits per heavy atom. The molecule has 0 aliphatic rings. The summed E-state index contributed by atoms with van der Waals surface area (Å²) in [6, 6.07) is 1.66. The number of hydrogen-bond acceptors (Lipinski definition) is 4. The third kappa shape index (κ3) is 4.63. The second-order valence-electron chi connectivity index (χ2n) is 4.45. The summed E-state index contributed by atoms with van der Waals surface area (Å²) in [6.07, 6.45) is 4.65. The van der Waals surface area contributed by atoms with Crippen LogP contribution in [0.1, 0.15) is 62.1 Å². The van der Waals surface area contributed by atoms with Crippen LogP contribution >= 0.6 is 23.0 Å². The molecule has 0 unspecified atom stereocenters. The minimum absolute atomic E-state index is 0.0445. The molecule has 19 heavy (non-hydrogen) atoms. The Balaban J connectivity index is 3.04. The SMILES string of the molecule is CCCCC(=O)c1c(OI)cc(CCCC)oc1=O. The van der Waals surface area contributed by atoms with E-state index in [0.717, 1.165) is 25.7 Å². The minimum atomic E-state index is -0.582. The van der Waals surface area contributed by atoms with Gasteiger partial charge in [0.2, 0.25) is 0 Å². The van der Waals surface area contributed by atoms with Gasteiger partial charge in [0.1, 0.15) is 11.3 Å². The zero-order chi connectivity index (χ0) is 14.3. The van der Waals surface area contributed by atoms with Gasteiger partial charge in [-0.05, 0) is 12.8 Å². The Hall–Kier alpha value is -0.850. The van der Waals surface area contributed by atoms with Gasteiger partial charge in [0, 0.05) is 18.9 Å². The molecular formula is C14H19IO4. The summed E-state index contributed by atoms with van der Waals surface area (Å²) in [5.74, 6) is 0.693. The molecule has 0 N–H and O–H groups in total. The maximum absolute atomic E-state index is 12.0. The second kappa shape index (κ2) is 8.35. The lowest BCUT2D eigenvalue weighted by molar-refractivity contribution is 0.0974. The molecule has 5 heteroatoms. The van der Waals surface area contributed by atoms with Gasteiger partial charge in [-0.1, -0.05) is 26.7 Å². The van der Waals surface area contributed by atoms with E-state index in [1.54, 1.807) is 29.1 Å². The molecule has 0 saturated heterocycles. The lowest BCUT2D eigenvalue weighted by atomic mass is 10.1. The van der Waals surface area contributed by atoms with Crippen molar-refractivity contribution in [2.24, 2.45) is 0 Å². The van der Waals surface area contributed by atoms with Crippen LogP contribution in [-0.4, -0.2) is 5.78 Å². The van der Waals surface area contributed by atoms with Crippen molar-refractivity contribution < 1.29 is 12.3 Å². The van der Waals surface area contributed by atoms with Gasteiger partial charge in [0.25, 0.3) is 0 Å². The van der Waals surface area contributed by atoms with Gasteiger partial charge in [-0.25, -0.2) is 4.79 Å². The highest BCUT2D eigenvalue weighted by Crippen LogP contribution is 2.22. The predicted octanol–water partition coefficient (Wildman–Crippen LogP) is 4.08. The van der Waals surface area contributed by atoms with Gasteiger partial charge < -0.3 is 7.48 Å². The van der Waals surface area contributed by atoms with Gasteiger partial charge in [0.15, 0.2) is 34.5 Å². The number of carbonyl (C=O) groups excluding carboxylic acids is 1. The number of unbranched alkanes of at least 4 members (excludes halogenated alkanes) is 2. The van der Waals surface area contributed by atoms with Gasteiger partial charge in [-0.3, -0.25) is 4.79 Å². The van der Waals surface area contributed by atoms with Crippen molar-refractivity contribution in [3.05, 3.63) is 27.8 Å². The molecule has 0 aliphatic carbocycles. The van der Waals surface area contributed by atoms with Crippen LogP contribution in [0.2, 0.25) is 0 Å². The molecule has 1 heterocycles. The molecule has 4 nitrogen and oxygen atoms in total. The second-order valence-corrected chi connectivity index (χ2v) is 4.89. The number of ketones is 1. The molecule has 0 saturated carbocycles. The molecule has 106 valence electrons. The van der Waals surface area contributed by atoms with Crippen molar-refractivity contribution in [1.82, 2.24) is 0 Å². The topological polar surface area (TPSA) is 56.5 Å². The molecule has 0 bridgehead atoms. The molecule has 1 rings (SSSR count). The molecule has 0 fully saturated rings. The molecule has 1 aromatic rings. The average molecular weight is 378 g/mol. The van der Waals surface area contributed by atoms with Crippen LogP contribution in [0.4, 0.5) is 0 Å². The van der Waals surface area contributed by atoms with E-state index < -0.39 is 5.63 Å². The van der Waals surface area contributed by atoms with Crippen LogP contribution in [0.25, 0.3) is 0 Å². The summed E-state index contributed by atoms with van der Waals surface area (Å²) in [5, 5.41) is 0. The quantitative estimate of drug-likeness (QED) is 0.505. The number of rotatable bonds is 8. The highest BCUT2D eigenvalue weighted by atomic mass is 127. The zero-order valence-corrected chi connectivity index (χ0v) is 13.5. The largest absolute Gasteiger partial charge is 0.427 e. The van der Waals surface area contributed by atoms with Gasteiger partial charge in [0.05, 0.1) is 0 Å². The minimum Gasteiger partial charge on any atom is -0.427 e. The zero-order valence-electron chi connectivity index (χ0n) is 11.3. The number of hydrogen-bond donors (Lipinski definition) is 0. The smallest absolute Gasteiger partial charge is 0.350 e. The fraction of sp³-hybridized carbons (Fsp3) is 0.571. The summed E-state index contributed by atoms with van der Waals surface area (Å²) >= 11 is 1.69. The summed E-state index contributed by atoms with van der Waals surface area (Å²) < 4.78 is 10.3. The fourth-order valence-corrected chi connectivity index (χ4v) is 2.11. The van der Waals surface area contributed by atoms with Crippen molar-refractivity contribution in [3.63, 3.8) is 0 Å². The fourth-order valence-electron chi connectivity index (χ4n) is 1.77. The van der Waals surface area contributed by atoms with Crippen LogP contribution < -0.4 is 8.69 Å². The number of Topliss-reactive ketones (excluding diaryl/α,β-unsaturated/α-hetero) is 1. The van der Waals surface area contributed by atoms with Crippen LogP contribution in [-0.2, 0) is 6.42 Å². The van der Waals surface area contributed by atoms with Crippen LogP contribution in [0.5, 0.6) is 5.75 Å². The van der Waals surface area contributed by atoms with Crippen LogP contribution in [0.15, 0.2) is 15.3 Å². The monoisotopic (exact) mass is 378 g/mol. The predicted molar refractivity (Wildman–Crippen MR) is 82.1 cm³/mol. The third-order valence-corrected chi connectivity index (χ3v) is 3.34. The van der Waals surface area contributed by atoms with Crippen molar-refractivity contribution >= 4 is 28.8 Å². The number of aryl methyl sites for hydroxylation is 1. The number of halogens is 1. The normalized spacial score (nSPS) is 10.5. The first-order chi connectivity index (χ1) is 9.13. The Morgan fingerprint density at radius 1 is 1.32 bits per heavy atom. The first-order valence-electron chi connectivity index (χ1n) is 6.62. The molecule has 0 spiro atoms. The lowest BCUT2D eigenvalue weighted by Crippen LogP contribution is -2.16. The first kappa shape index (κ1) is 16.2. The highest BCUT2D eigenvalue weighted by molar-refractivity contribution is 14.1. The van der Waals surface area contributed by atoms with Crippen LogP contribution in [0, 0.1) is 0 Å². The first-order valence-corrected chi connectivity index (χ1v) is 7.50. The van der Waals surface area contributed by atoms with E-state index in [-0.39, 0.29) is 11.3 Å². The van der Waals surface area contributed by atoms with Gasteiger partial charge in [-0.15, -0.1) is 0 Å². The third-order valence-electron chi connectivity index (χ3n) is 2.86. The van der Waals surface area contributed by atoms with E-state index in [0.29, 0.717) is 24.4 Å². The lowest BCUT2D eigenvalue weighted by Gasteiger charge is -2.06. The molecule has 0 amide bonds. The van der Waals surface area contributed by atoms with Gasteiger partial charge >= 0.3 is 5.63 Å². The standard InChI is InChI=1S/C14H19IO4/c1-3-5-7-10-9-12(19-15)13(14(17)18-10)11(16)8-6-4-2/h9H,3-8H2,1-2H3. The average Bonchev–Trinajstić information content (AvgIpc) is 2.41. The molecule has 1 aromatic heterocycles. The maximum atomic E-state index is 12.0. The summed E-state index contributed by atoms with van der Waals surface area (Å²) in [5.41, 5.74) is -0.538. The van der Waals surface area contributed by atoms with E-state index in [1.165, 1.54) is 0 Å². The summed E-state index contributed by atoms with van der Waals surface area (Å²) in [7, 11) is 0. The highest BCUT2D eigenvalue weighted by Gasteiger charge is 2.19. The van der Waals surface area contributed by atoms with Crippen molar-refractivity contribution in [2.75, 3.05) is 0 Å². The van der Waals surface area contributed by atoms with E-state index in [2.05, 4.69) is 6.92 Å². The van der Waals surface area contributed by atoms with E-state index >= 15 is 0 Å². The Labute approximate surface area is 127 Å². The molecular weight excluding hydrogens is 359 g/mol. The Kier molecular flexibility index (Phi) is 7.12. The summed E-state index contributed by atoms with van der Waals surface area (Å²) in [4.78, 5) is 23.9. The van der Waals surface area contributed by atoms with Crippen molar-refractivity contribution in [1.29, 1.82) is 0 Å². The van der Waals surface area contributed by atoms with E-state index in [4.69, 9.17) is 7.48 Å². The number of carbonyl (C=O) groups is 1. The van der Waals surface area contributed by atoms with Crippen LogP contribution in [0.3, 0.4) is 0 Å². The molecule has 0 aliphatic heterocycles. The van der Waals surface area contributed by atoms with Gasteiger partial charge in [-0.2, -0.15) is 0 Å². The van der Waals surface area contributed by atoms with E-state index in [9.17, 15) is 9.59 Å². The molecule has 0 atom stereocenters. The Bertz CT molecular complexity index is 479. The maximum Gasteiger partial charge on any atom is 0.350 e. The van der Waals surface area contributed by atoms with Crippen molar-refractivity contribution in [3.8, 4) is 5.75 Å².